The minimum atomic E-state index is -0.278. The molecule has 3 rings (SSSR count). The summed E-state index contributed by atoms with van der Waals surface area (Å²) in [4.78, 5) is 25.5. The molecular weight excluding hydrogens is 444 g/mol. The molecule has 0 heterocycles. The van der Waals surface area contributed by atoms with Crippen molar-refractivity contribution < 1.29 is 14.3 Å². The van der Waals surface area contributed by atoms with Gasteiger partial charge in [0.15, 0.2) is 0 Å². The van der Waals surface area contributed by atoms with Crippen molar-refractivity contribution in [1.82, 2.24) is 5.32 Å². The van der Waals surface area contributed by atoms with Gasteiger partial charge in [-0.2, -0.15) is 0 Å². The summed E-state index contributed by atoms with van der Waals surface area (Å²) in [7, 11) is 0. The summed E-state index contributed by atoms with van der Waals surface area (Å²) >= 11 is 3.42. The second kappa shape index (κ2) is 10.6. The smallest absolute Gasteiger partial charge is 0.259 e. The molecule has 30 heavy (non-hydrogen) atoms. The van der Waals surface area contributed by atoms with E-state index in [-0.39, 0.29) is 17.9 Å². The van der Waals surface area contributed by atoms with Gasteiger partial charge in [-0.25, -0.2) is 0 Å². The summed E-state index contributed by atoms with van der Waals surface area (Å²) in [5.41, 5.74) is 1.57. The molecule has 160 valence electrons. The molecule has 0 bridgehead atoms. The van der Waals surface area contributed by atoms with Crippen LogP contribution in [0.15, 0.2) is 46.9 Å². The van der Waals surface area contributed by atoms with E-state index in [4.69, 9.17) is 4.74 Å². The molecule has 2 aromatic rings. The molecule has 1 aliphatic carbocycles. The van der Waals surface area contributed by atoms with Gasteiger partial charge in [0, 0.05) is 21.8 Å². The number of amides is 2. The number of rotatable bonds is 7. The fourth-order valence-corrected chi connectivity index (χ4v) is 3.88. The van der Waals surface area contributed by atoms with Crippen LogP contribution >= 0.6 is 15.9 Å². The average molecular weight is 473 g/mol. The highest BCUT2D eigenvalue weighted by molar-refractivity contribution is 9.10. The van der Waals surface area contributed by atoms with Crippen LogP contribution in [-0.4, -0.2) is 24.5 Å². The Kier molecular flexibility index (Phi) is 7.91. The Morgan fingerprint density at radius 1 is 1.07 bits per heavy atom. The molecular formula is C24H29BrN2O3. The molecule has 0 saturated heterocycles. The summed E-state index contributed by atoms with van der Waals surface area (Å²) in [5, 5.41) is 6.01. The van der Waals surface area contributed by atoms with Gasteiger partial charge in [0.05, 0.1) is 12.2 Å². The molecule has 1 aliphatic rings. The maximum absolute atomic E-state index is 12.9. The Hall–Kier alpha value is -2.34. The first-order valence-electron chi connectivity index (χ1n) is 10.6. The van der Waals surface area contributed by atoms with Crippen molar-refractivity contribution in [3.63, 3.8) is 0 Å². The Balaban J connectivity index is 1.70. The van der Waals surface area contributed by atoms with Crippen LogP contribution in [0.1, 0.15) is 66.7 Å². The average Bonchev–Trinajstić information content (AvgIpc) is 2.73. The van der Waals surface area contributed by atoms with Gasteiger partial charge in [0.1, 0.15) is 5.75 Å². The minimum absolute atomic E-state index is 0.0959. The third-order valence-corrected chi connectivity index (χ3v) is 5.57. The van der Waals surface area contributed by atoms with Crippen molar-refractivity contribution >= 4 is 33.4 Å². The second-order valence-corrected chi connectivity index (χ2v) is 9.10. The van der Waals surface area contributed by atoms with E-state index in [0.29, 0.717) is 35.1 Å². The maximum Gasteiger partial charge on any atom is 0.259 e. The van der Waals surface area contributed by atoms with E-state index in [1.54, 1.807) is 36.4 Å². The van der Waals surface area contributed by atoms with Gasteiger partial charge < -0.3 is 15.4 Å². The minimum Gasteiger partial charge on any atom is -0.492 e. The number of nitrogens with one attached hydrogen (secondary N) is 2. The van der Waals surface area contributed by atoms with E-state index in [2.05, 4.69) is 40.4 Å². The Bertz CT molecular complexity index is 892. The van der Waals surface area contributed by atoms with Gasteiger partial charge in [-0.1, -0.05) is 55.1 Å². The molecule has 0 unspecified atom stereocenters. The van der Waals surface area contributed by atoms with E-state index in [9.17, 15) is 9.59 Å². The normalized spacial score (nSPS) is 14.4. The Morgan fingerprint density at radius 3 is 2.57 bits per heavy atom. The van der Waals surface area contributed by atoms with Crippen LogP contribution in [0.4, 0.5) is 5.69 Å². The lowest BCUT2D eigenvalue weighted by molar-refractivity contribution is 0.0926. The highest BCUT2D eigenvalue weighted by atomic mass is 79.9. The molecule has 2 amide bonds. The number of hydrogen-bond acceptors (Lipinski definition) is 3. The summed E-state index contributed by atoms with van der Waals surface area (Å²) in [6.45, 7) is 4.64. The monoisotopic (exact) mass is 472 g/mol. The summed E-state index contributed by atoms with van der Waals surface area (Å²) in [6.07, 6.45) is 5.63. The number of hydrogen-bond donors (Lipinski definition) is 2. The number of carbonyl (C=O) groups excluding carboxylic acids is 2. The molecule has 1 saturated carbocycles. The van der Waals surface area contributed by atoms with Crippen molar-refractivity contribution in [1.29, 1.82) is 0 Å². The van der Waals surface area contributed by atoms with Crippen molar-refractivity contribution in [3.8, 4) is 5.75 Å². The second-order valence-electron chi connectivity index (χ2n) is 8.19. The zero-order chi connectivity index (χ0) is 21.5. The van der Waals surface area contributed by atoms with Crippen molar-refractivity contribution in [2.45, 2.75) is 52.0 Å². The highest BCUT2D eigenvalue weighted by Crippen LogP contribution is 2.25. The van der Waals surface area contributed by atoms with Crippen LogP contribution in [0.5, 0.6) is 5.75 Å². The summed E-state index contributed by atoms with van der Waals surface area (Å²) in [6, 6.07) is 12.7. The van der Waals surface area contributed by atoms with Crippen LogP contribution in [-0.2, 0) is 0 Å². The van der Waals surface area contributed by atoms with Gasteiger partial charge in [-0.15, -0.1) is 0 Å². The number of anilines is 1. The molecule has 2 N–H and O–H groups in total. The van der Waals surface area contributed by atoms with Gasteiger partial charge in [0.25, 0.3) is 11.8 Å². The Morgan fingerprint density at radius 2 is 1.83 bits per heavy atom. The first kappa shape index (κ1) is 22.3. The van der Waals surface area contributed by atoms with Crippen LogP contribution in [0, 0.1) is 5.92 Å². The number of ether oxygens (including phenoxy) is 1. The lowest BCUT2D eigenvalue weighted by atomic mass is 9.95. The summed E-state index contributed by atoms with van der Waals surface area (Å²) in [5.74, 6) is 0.515. The van der Waals surface area contributed by atoms with E-state index in [0.717, 1.165) is 30.2 Å². The molecule has 2 aromatic carbocycles. The molecule has 6 heteroatoms. The van der Waals surface area contributed by atoms with E-state index in [1.165, 1.54) is 6.42 Å². The summed E-state index contributed by atoms with van der Waals surface area (Å²) < 4.78 is 6.61. The molecule has 5 nitrogen and oxygen atoms in total. The maximum atomic E-state index is 12.9. The van der Waals surface area contributed by atoms with Gasteiger partial charge in [0.2, 0.25) is 0 Å². The molecule has 0 aliphatic heterocycles. The lowest BCUT2D eigenvalue weighted by Gasteiger charge is -2.22. The van der Waals surface area contributed by atoms with E-state index in [1.807, 2.05) is 6.07 Å². The predicted molar refractivity (Wildman–Crippen MR) is 123 cm³/mol. The fourth-order valence-electron chi connectivity index (χ4n) is 3.51. The van der Waals surface area contributed by atoms with E-state index >= 15 is 0 Å². The molecule has 0 spiro atoms. The lowest BCUT2D eigenvalue weighted by Crippen LogP contribution is -2.36. The van der Waals surface area contributed by atoms with Crippen LogP contribution in [0.2, 0.25) is 0 Å². The van der Waals surface area contributed by atoms with E-state index < -0.39 is 0 Å². The molecule has 0 radical (unpaired) electrons. The van der Waals surface area contributed by atoms with Crippen LogP contribution in [0.3, 0.4) is 0 Å². The number of benzene rings is 2. The topological polar surface area (TPSA) is 67.4 Å². The quantitative estimate of drug-likeness (QED) is 0.534. The number of halogens is 1. The fraction of sp³-hybridized carbons (Fsp3) is 0.417. The SMILES string of the molecule is CC(C)COc1ccc(Br)cc1C(=O)Nc1cccc(C(=O)NC2CCCCC2)c1. The molecule has 1 fully saturated rings. The van der Waals surface area contributed by atoms with Crippen LogP contribution < -0.4 is 15.4 Å². The Labute approximate surface area is 186 Å². The highest BCUT2D eigenvalue weighted by Gasteiger charge is 2.18. The zero-order valence-corrected chi connectivity index (χ0v) is 19.1. The van der Waals surface area contributed by atoms with Gasteiger partial charge in [-0.05, 0) is 55.2 Å². The van der Waals surface area contributed by atoms with Crippen molar-refractivity contribution in [3.05, 3.63) is 58.1 Å². The standard InChI is InChI=1S/C24H29BrN2O3/c1-16(2)15-30-22-12-11-18(25)14-21(22)24(29)27-20-10-6-7-17(13-20)23(28)26-19-8-4-3-5-9-19/h6-7,10-14,16,19H,3-5,8-9,15H2,1-2H3,(H,26,28)(H,27,29). The number of carbonyl (C=O) groups is 2. The van der Waals surface area contributed by atoms with Crippen molar-refractivity contribution in [2.24, 2.45) is 5.92 Å². The predicted octanol–water partition coefficient (Wildman–Crippen LogP) is 5.80. The first-order valence-corrected chi connectivity index (χ1v) is 11.4. The third-order valence-electron chi connectivity index (χ3n) is 5.08. The molecule has 0 aromatic heterocycles. The third kappa shape index (κ3) is 6.33. The van der Waals surface area contributed by atoms with Crippen LogP contribution in [0.25, 0.3) is 0 Å². The van der Waals surface area contributed by atoms with Crippen molar-refractivity contribution in [2.75, 3.05) is 11.9 Å². The van der Waals surface area contributed by atoms with Gasteiger partial charge >= 0.3 is 0 Å². The zero-order valence-electron chi connectivity index (χ0n) is 17.5. The van der Waals surface area contributed by atoms with Gasteiger partial charge in [-0.3, -0.25) is 9.59 Å². The molecule has 0 atom stereocenters. The first-order chi connectivity index (χ1) is 14.4. The largest absolute Gasteiger partial charge is 0.492 e.